The number of hydrogen-bond donors (Lipinski definition) is 0. The average molecular weight is 295 g/mol. The van der Waals surface area contributed by atoms with Crippen molar-refractivity contribution in [3.63, 3.8) is 0 Å². The smallest absolute Gasteiger partial charge is 0.132 e. The van der Waals surface area contributed by atoms with Crippen molar-refractivity contribution in [3.8, 4) is 0 Å². The number of allylic oxidation sites excluding steroid dienone is 1. The van der Waals surface area contributed by atoms with E-state index < -0.39 is 0 Å². The first-order valence-corrected chi connectivity index (χ1v) is 9.43. The summed E-state index contributed by atoms with van der Waals surface area (Å²) in [6.45, 7) is 5.99. The summed E-state index contributed by atoms with van der Waals surface area (Å²) in [4.78, 5) is 11.7. The van der Waals surface area contributed by atoms with Crippen LogP contribution in [0.5, 0.6) is 0 Å². The van der Waals surface area contributed by atoms with E-state index in [0.29, 0.717) is 5.78 Å². The van der Waals surface area contributed by atoms with Gasteiger partial charge in [-0.15, -0.1) is 6.58 Å². The SMILES string of the molecule is C=CCCCCCCCC(=O)CCCCCCCCCC. The Labute approximate surface area is 133 Å². The fourth-order valence-electron chi connectivity index (χ4n) is 2.72. The Balaban J connectivity index is 3.14. The van der Waals surface area contributed by atoms with Gasteiger partial charge in [0.05, 0.1) is 0 Å². The van der Waals surface area contributed by atoms with Crippen LogP contribution in [0.4, 0.5) is 0 Å². The molecular formula is C20H38O. The zero-order valence-electron chi connectivity index (χ0n) is 14.5. The van der Waals surface area contributed by atoms with Gasteiger partial charge >= 0.3 is 0 Å². The second-order valence-corrected chi connectivity index (χ2v) is 6.36. The van der Waals surface area contributed by atoms with Gasteiger partial charge < -0.3 is 0 Å². The summed E-state index contributed by atoms with van der Waals surface area (Å²) in [6.07, 6.45) is 21.4. The molecule has 21 heavy (non-hydrogen) atoms. The largest absolute Gasteiger partial charge is 0.300 e. The monoisotopic (exact) mass is 294 g/mol. The molecule has 0 N–H and O–H groups in total. The Hall–Kier alpha value is -0.590. The first-order valence-electron chi connectivity index (χ1n) is 9.43. The van der Waals surface area contributed by atoms with Gasteiger partial charge in [-0.3, -0.25) is 4.79 Å². The van der Waals surface area contributed by atoms with Crippen LogP contribution in [-0.2, 0) is 4.79 Å². The lowest BCUT2D eigenvalue weighted by Gasteiger charge is -2.03. The maximum atomic E-state index is 11.7. The van der Waals surface area contributed by atoms with Crippen LogP contribution >= 0.6 is 0 Å². The number of carbonyl (C=O) groups excluding carboxylic acids is 1. The van der Waals surface area contributed by atoms with Crippen molar-refractivity contribution in [2.45, 2.75) is 110 Å². The molecule has 1 heteroatoms. The predicted octanol–water partition coefficient (Wildman–Crippen LogP) is 7.00. The lowest BCUT2D eigenvalue weighted by molar-refractivity contribution is -0.119. The summed E-state index contributed by atoms with van der Waals surface area (Å²) in [7, 11) is 0. The molecule has 0 heterocycles. The van der Waals surface area contributed by atoms with Crippen LogP contribution in [0.15, 0.2) is 12.7 Å². The van der Waals surface area contributed by atoms with Gasteiger partial charge in [0.15, 0.2) is 0 Å². The summed E-state index contributed by atoms with van der Waals surface area (Å²) < 4.78 is 0. The summed E-state index contributed by atoms with van der Waals surface area (Å²) in [6, 6.07) is 0. The van der Waals surface area contributed by atoms with E-state index in [1.165, 1.54) is 70.6 Å². The topological polar surface area (TPSA) is 17.1 Å². The third-order valence-electron chi connectivity index (χ3n) is 4.17. The number of unbranched alkanes of at least 4 members (excludes halogenated alkanes) is 12. The molecular weight excluding hydrogens is 256 g/mol. The molecule has 1 nitrogen and oxygen atoms in total. The molecule has 0 aromatic carbocycles. The molecule has 0 amide bonds. The van der Waals surface area contributed by atoms with Crippen LogP contribution in [0.25, 0.3) is 0 Å². The molecule has 0 aromatic heterocycles. The lowest BCUT2D eigenvalue weighted by atomic mass is 10.0. The van der Waals surface area contributed by atoms with E-state index in [0.717, 1.165) is 32.1 Å². The van der Waals surface area contributed by atoms with Crippen molar-refractivity contribution in [2.75, 3.05) is 0 Å². The molecule has 0 atom stereocenters. The van der Waals surface area contributed by atoms with Gasteiger partial charge in [-0.25, -0.2) is 0 Å². The molecule has 0 unspecified atom stereocenters. The molecule has 0 saturated carbocycles. The molecule has 0 spiro atoms. The van der Waals surface area contributed by atoms with Crippen LogP contribution < -0.4 is 0 Å². The van der Waals surface area contributed by atoms with Gasteiger partial charge in [0, 0.05) is 12.8 Å². The highest BCUT2D eigenvalue weighted by Gasteiger charge is 2.01. The molecule has 0 aliphatic carbocycles. The third kappa shape index (κ3) is 17.4. The van der Waals surface area contributed by atoms with E-state index in [9.17, 15) is 4.79 Å². The minimum Gasteiger partial charge on any atom is -0.300 e. The van der Waals surface area contributed by atoms with Crippen LogP contribution in [-0.4, -0.2) is 5.78 Å². The first-order chi connectivity index (χ1) is 10.3. The van der Waals surface area contributed by atoms with Crippen molar-refractivity contribution in [2.24, 2.45) is 0 Å². The number of carbonyl (C=O) groups is 1. The van der Waals surface area contributed by atoms with Crippen molar-refractivity contribution < 1.29 is 4.79 Å². The fraction of sp³-hybridized carbons (Fsp3) is 0.850. The number of Topliss-reactive ketones (excluding diaryl/α,β-unsaturated/α-hetero) is 1. The Bertz CT molecular complexity index is 232. The molecule has 0 saturated heterocycles. The Morgan fingerprint density at radius 2 is 1.14 bits per heavy atom. The van der Waals surface area contributed by atoms with Crippen LogP contribution in [0, 0.1) is 0 Å². The van der Waals surface area contributed by atoms with Gasteiger partial charge in [0.2, 0.25) is 0 Å². The highest BCUT2D eigenvalue weighted by atomic mass is 16.1. The lowest BCUT2D eigenvalue weighted by Crippen LogP contribution is -1.97. The third-order valence-corrected chi connectivity index (χ3v) is 4.17. The van der Waals surface area contributed by atoms with Crippen molar-refractivity contribution >= 4 is 5.78 Å². The molecule has 0 aromatic rings. The maximum Gasteiger partial charge on any atom is 0.132 e. The van der Waals surface area contributed by atoms with Gasteiger partial charge in [-0.05, 0) is 25.7 Å². The Morgan fingerprint density at radius 1 is 0.714 bits per heavy atom. The van der Waals surface area contributed by atoms with Crippen molar-refractivity contribution in [1.29, 1.82) is 0 Å². The summed E-state index contributed by atoms with van der Waals surface area (Å²) in [5, 5.41) is 0. The van der Waals surface area contributed by atoms with Gasteiger partial charge in [-0.2, -0.15) is 0 Å². The zero-order valence-corrected chi connectivity index (χ0v) is 14.5. The normalized spacial score (nSPS) is 10.7. The van der Waals surface area contributed by atoms with E-state index in [-0.39, 0.29) is 0 Å². The highest BCUT2D eigenvalue weighted by Crippen LogP contribution is 2.12. The van der Waals surface area contributed by atoms with Crippen LogP contribution in [0.1, 0.15) is 110 Å². The van der Waals surface area contributed by atoms with Gasteiger partial charge in [0.25, 0.3) is 0 Å². The number of ketones is 1. The second kappa shape index (κ2) is 17.5. The van der Waals surface area contributed by atoms with Crippen molar-refractivity contribution in [3.05, 3.63) is 12.7 Å². The van der Waals surface area contributed by atoms with E-state index in [2.05, 4.69) is 13.5 Å². The minimum absolute atomic E-state index is 0.493. The molecule has 0 radical (unpaired) electrons. The summed E-state index contributed by atoms with van der Waals surface area (Å²) >= 11 is 0. The van der Waals surface area contributed by atoms with Crippen molar-refractivity contribution in [1.82, 2.24) is 0 Å². The van der Waals surface area contributed by atoms with Gasteiger partial charge in [0.1, 0.15) is 5.78 Å². The molecule has 0 aliphatic rings. The van der Waals surface area contributed by atoms with E-state index >= 15 is 0 Å². The molecule has 0 bridgehead atoms. The Kier molecular flexibility index (Phi) is 17.0. The predicted molar refractivity (Wildman–Crippen MR) is 94.8 cm³/mol. The minimum atomic E-state index is 0.493. The van der Waals surface area contributed by atoms with Crippen LogP contribution in [0.2, 0.25) is 0 Å². The van der Waals surface area contributed by atoms with E-state index in [4.69, 9.17) is 0 Å². The highest BCUT2D eigenvalue weighted by molar-refractivity contribution is 5.78. The summed E-state index contributed by atoms with van der Waals surface area (Å²) in [5.41, 5.74) is 0. The number of hydrogen-bond acceptors (Lipinski definition) is 1. The standard InChI is InChI=1S/C20H38O/c1-3-5-7-9-11-13-15-17-19-20(21)18-16-14-12-10-8-6-4-2/h4H,2-3,5-19H2,1H3. The molecule has 0 rings (SSSR count). The van der Waals surface area contributed by atoms with Crippen LogP contribution in [0.3, 0.4) is 0 Å². The summed E-state index contributed by atoms with van der Waals surface area (Å²) in [5.74, 6) is 0.493. The quantitative estimate of drug-likeness (QED) is 0.208. The second-order valence-electron chi connectivity index (χ2n) is 6.36. The molecule has 0 fully saturated rings. The number of rotatable bonds is 17. The Morgan fingerprint density at radius 3 is 1.62 bits per heavy atom. The van der Waals surface area contributed by atoms with E-state index in [1.54, 1.807) is 0 Å². The zero-order chi connectivity index (χ0) is 15.6. The van der Waals surface area contributed by atoms with E-state index in [1.807, 2.05) is 6.08 Å². The average Bonchev–Trinajstić information content (AvgIpc) is 2.49. The van der Waals surface area contributed by atoms with Gasteiger partial charge in [-0.1, -0.05) is 77.2 Å². The molecule has 0 aliphatic heterocycles. The molecule has 124 valence electrons. The maximum absolute atomic E-state index is 11.7. The fourth-order valence-corrected chi connectivity index (χ4v) is 2.72. The first kappa shape index (κ1) is 20.4.